The lowest BCUT2D eigenvalue weighted by molar-refractivity contribution is -0.144. The molecule has 2 aliphatic rings. The maximum absolute atomic E-state index is 13.8. The van der Waals surface area contributed by atoms with Gasteiger partial charge < -0.3 is 15.3 Å². The number of hydrogen-bond donors (Lipinski definition) is 2. The number of hydrogen-bond acceptors (Lipinski definition) is 7. The fourth-order valence-electron chi connectivity index (χ4n) is 4.73. The highest BCUT2D eigenvalue weighted by molar-refractivity contribution is 7.15. The first-order chi connectivity index (χ1) is 17.2. The van der Waals surface area contributed by atoms with Gasteiger partial charge in [0.25, 0.3) is 0 Å². The van der Waals surface area contributed by atoms with E-state index >= 15 is 0 Å². The van der Waals surface area contributed by atoms with Gasteiger partial charge in [-0.25, -0.2) is 9.67 Å². The Bertz CT molecular complexity index is 1230. The summed E-state index contributed by atoms with van der Waals surface area (Å²) in [7, 11) is 0. The Balaban J connectivity index is 1.29. The Kier molecular flexibility index (Phi) is 6.65. The number of nitrogens with one attached hydrogen (secondary N) is 1. The van der Waals surface area contributed by atoms with Gasteiger partial charge in [0, 0.05) is 31.3 Å². The van der Waals surface area contributed by atoms with Crippen LogP contribution in [0.1, 0.15) is 62.7 Å². The molecule has 2 N–H and O–H groups in total. The lowest BCUT2D eigenvalue weighted by atomic mass is 9.85. The van der Waals surface area contributed by atoms with E-state index in [1.54, 1.807) is 10.9 Å². The minimum absolute atomic E-state index is 0.114. The second-order valence-electron chi connectivity index (χ2n) is 10.8. The molecule has 5 rings (SSSR count). The molecule has 2 aromatic heterocycles. The second kappa shape index (κ2) is 9.74. The number of likely N-dealkylation sites (tertiary alicyclic amines) is 1. The van der Waals surface area contributed by atoms with E-state index in [1.165, 1.54) is 16.2 Å². The fourth-order valence-corrected chi connectivity index (χ4v) is 5.60. The minimum Gasteiger partial charge on any atom is -0.391 e. The molecule has 1 aromatic carbocycles. The molecule has 3 heterocycles. The molecule has 36 heavy (non-hydrogen) atoms. The molecule has 9 nitrogen and oxygen atoms in total. The number of aliphatic hydroxyl groups is 1. The van der Waals surface area contributed by atoms with Gasteiger partial charge in [0.2, 0.25) is 11.8 Å². The van der Waals surface area contributed by atoms with Gasteiger partial charge in [-0.05, 0) is 23.8 Å². The monoisotopic (exact) mass is 508 g/mol. The zero-order chi connectivity index (χ0) is 25.4. The van der Waals surface area contributed by atoms with Crippen LogP contribution in [0.5, 0.6) is 0 Å². The van der Waals surface area contributed by atoms with E-state index in [2.05, 4.69) is 20.6 Å². The summed E-state index contributed by atoms with van der Waals surface area (Å²) in [5.41, 5.74) is 1.52. The number of aromatic nitrogens is 4. The number of carbonyl (C=O) groups excluding carboxylic acids is 2. The van der Waals surface area contributed by atoms with Crippen molar-refractivity contribution in [2.45, 2.75) is 70.7 Å². The average molecular weight is 509 g/mol. The van der Waals surface area contributed by atoms with Gasteiger partial charge in [0.1, 0.15) is 17.1 Å². The molecule has 3 atom stereocenters. The molecule has 2 amide bonds. The van der Waals surface area contributed by atoms with E-state index in [-0.39, 0.29) is 31.3 Å². The summed E-state index contributed by atoms with van der Waals surface area (Å²) in [6, 6.07) is 8.58. The molecule has 10 heteroatoms. The number of amides is 2. The second-order valence-corrected chi connectivity index (χ2v) is 11.9. The van der Waals surface area contributed by atoms with Gasteiger partial charge in [-0.3, -0.25) is 9.59 Å². The van der Waals surface area contributed by atoms with Crippen molar-refractivity contribution in [3.05, 3.63) is 53.4 Å². The van der Waals surface area contributed by atoms with E-state index in [9.17, 15) is 14.7 Å². The highest BCUT2D eigenvalue weighted by atomic mass is 32.1. The van der Waals surface area contributed by atoms with E-state index in [4.69, 9.17) is 0 Å². The first kappa shape index (κ1) is 24.6. The lowest BCUT2D eigenvalue weighted by Gasteiger charge is -2.34. The van der Waals surface area contributed by atoms with Crippen molar-refractivity contribution in [3.63, 3.8) is 0 Å². The number of nitrogens with zero attached hydrogens (tertiary/aromatic N) is 5. The van der Waals surface area contributed by atoms with Crippen molar-refractivity contribution in [2.24, 2.45) is 5.41 Å². The van der Waals surface area contributed by atoms with Crippen LogP contribution in [-0.4, -0.2) is 60.5 Å². The van der Waals surface area contributed by atoms with Crippen LogP contribution in [-0.2, 0) is 16.1 Å². The van der Waals surface area contributed by atoms with Crippen LogP contribution < -0.4 is 5.32 Å². The Hall–Kier alpha value is -3.11. The molecule has 1 saturated heterocycles. The summed E-state index contributed by atoms with van der Waals surface area (Å²) in [6.07, 6.45) is 5.30. The van der Waals surface area contributed by atoms with Gasteiger partial charge >= 0.3 is 0 Å². The third kappa shape index (κ3) is 5.19. The maximum atomic E-state index is 13.8. The largest absolute Gasteiger partial charge is 0.391 e. The summed E-state index contributed by atoms with van der Waals surface area (Å²) in [4.78, 5) is 34.0. The van der Waals surface area contributed by atoms with Gasteiger partial charge in [-0.15, -0.1) is 16.4 Å². The van der Waals surface area contributed by atoms with Gasteiger partial charge in [0.05, 0.1) is 23.2 Å². The van der Waals surface area contributed by atoms with Crippen molar-refractivity contribution < 1.29 is 14.7 Å². The highest BCUT2D eigenvalue weighted by Gasteiger charge is 2.45. The number of carbonyl (C=O) groups is 2. The molecule has 1 saturated carbocycles. The number of aliphatic hydroxyl groups excluding tert-OH is 1. The summed E-state index contributed by atoms with van der Waals surface area (Å²) in [6.45, 7) is 6.30. The summed E-state index contributed by atoms with van der Waals surface area (Å²) >= 11 is 1.52. The zero-order valence-corrected chi connectivity index (χ0v) is 21.6. The van der Waals surface area contributed by atoms with Gasteiger partial charge in [-0.1, -0.05) is 56.3 Å². The minimum atomic E-state index is -0.757. The third-order valence-electron chi connectivity index (χ3n) is 6.73. The Morgan fingerprint density at radius 1 is 1.22 bits per heavy atom. The smallest absolute Gasteiger partial charge is 0.248 e. The molecule has 0 spiro atoms. The van der Waals surface area contributed by atoms with Crippen LogP contribution in [0.3, 0.4) is 0 Å². The fraction of sp³-hybridized carbons (Fsp3) is 0.500. The van der Waals surface area contributed by atoms with Crippen molar-refractivity contribution in [2.75, 3.05) is 6.54 Å². The van der Waals surface area contributed by atoms with Crippen LogP contribution in [0.4, 0.5) is 0 Å². The third-order valence-corrected chi connectivity index (χ3v) is 7.78. The molecule has 2 fully saturated rings. The number of thiazole rings is 1. The van der Waals surface area contributed by atoms with Crippen molar-refractivity contribution in [3.8, 4) is 10.4 Å². The van der Waals surface area contributed by atoms with E-state index in [0.717, 1.165) is 34.0 Å². The lowest BCUT2D eigenvalue weighted by Crippen LogP contribution is -2.50. The molecule has 1 aliphatic carbocycles. The topological polar surface area (TPSA) is 113 Å². The molecule has 0 bridgehead atoms. The maximum Gasteiger partial charge on any atom is 0.248 e. The van der Waals surface area contributed by atoms with Crippen molar-refractivity contribution in [1.29, 1.82) is 0 Å². The van der Waals surface area contributed by atoms with E-state index < -0.39 is 23.6 Å². The zero-order valence-electron chi connectivity index (χ0n) is 20.8. The van der Waals surface area contributed by atoms with Gasteiger partial charge in [0.15, 0.2) is 0 Å². The highest BCUT2D eigenvalue weighted by Crippen LogP contribution is 2.40. The predicted molar refractivity (Wildman–Crippen MR) is 136 cm³/mol. The molecule has 1 unspecified atom stereocenters. The quantitative estimate of drug-likeness (QED) is 0.507. The molecule has 190 valence electrons. The first-order valence-electron chi connectivity index (χ1n) is 12.4. The summed E-state index contributed by atoms with van der Waals surface area (Å²) < 4.78 is 1.64. The Morgan fingerprint density at radius 2 is 1.97 bits per heavy atom. The molecule has 1 aliphatic heterocycles. The molecule has 0 radical (unpaired) electrons. The van der Waals surface area contributed by atoms with Crippen LogP contribution in [0.2, 0.25) is 0 Å². The first-order valence-corrected chi connectivity index (χ1v) is 13.2. The Morgan fingerprint density at radius 3 is 2.67 bits per heavy atom. The molecule has 3 aromatic rings. The van der Waals surface area contributed by atoms with E-state index in [0.29, 0.717) is 5.92 Å². The summed E-state index contributed by atoms with van der Waals surface area (Å²) in [5, 5.41) is 22.7. The Labute approximate surface area is 214 Å². The normalized spacial score (nSPS) is 20.9. The van der Waals surface area contributed by atoms with Crippen LogP contribution in [0, 0.1) is 5.41 Å². The predicted octanol–water partition coefficient (Wildman–Crippen LogP) is 3.14. The van der Waals surface area contributed by atoms with Crippen LogP contribution in [0.15, 0.2) is 42.7 Å². The molecular weight excluding hydrogens is 476 g/mol. The van der Waals surface area contributed by atoms with Crippen molar-refractivity contribution >= 4 is 23.2 Å². The average Bonchev–Trinajstić information content (AvgIpc) is 3.22. The van der Waals surface area contributed by atoms with Gasteiger partial charge in [-0.2, -0.15) is 0 Å². The standard InChI is InChI=1S/C26H32N6O3S/c1-26(2,3)23(32-15-19(29-30-32)16-9-10-16)25(35)31-14-18(33)11-20(31)24(34)28-13-22-27-12-21(36-22)17-7-5-4-6-8-17/h4-8,12,15-16,18,20,23,33H,9-11,13-14H2,1-3H3,(H,28,34)/t18-,20+,23?/m1/s1. The van der Waals surface area contributed by atoms with E-state index in [1.807, 2.05) is 57.3 Å². The summed E-state index contributed by atoms with van der Waals surface area (Å²) in [5.74, 6) is -0.0942. The molecular formula is C26H32N6O3S. The number of rotatable bonds is 7. The number of β-amino-alcohol motifs (C(OH)–C–C–N with tert-alkyl or cyclic N) is 1. The SMILES string of the molecule is CC(C)(C)C(C(=O)N1C[C@H](O)C[C@H]1C(=O)NCc1ncc(-c2ccccc2)s1)n1cc(C2CC2)nn1. The van der Waals surface area contributed by atoms with Crippen LogP contribution in [0.25, 0.3) is 10.4 Å². The van der Waals surface area contributed by atoms with Crippen molar-refractivity contribution in [1.82, 2.24) is 30.2 Å². The van der Waals surface area contributed by atoms with Crippen LogP contribution >= 0.6 is 11.3 Å². The number of benzene rings is 1.